The van der Waals surface area contributed by atoms with Crippen molar-refractivity contribution in [2.75, 3.05) is 13.3 Å². The van der Waals surface area contributed by atoms with Crippen LogP contribution in [0.25, 0.3) is 0 Å². The van der Waals surface area contributed by atoms with Crippen molar-refractivity contribution in [3.8, 4) is 0 Å². The first-order valence-corrected chi connectivity index (χ1v) is 9.79. The van der Waals surface area contributed by atoms with E-state index in [0.29, 0.717) is 5.92 Å². The van der Waals surface area contributed by atoms with E-state index in [1.165, 1.54) is 37.8 Å². The molecule has 3 nitrogen and oxygen atoms in total. The van der Waals surface area contributed by atoms with Gasteiger partial charge in [-0.15, -0.1) is 0 Å². The molecule has 20 heavy (non-hydrogen) atoms. The molecule has 1 unspecified atom stereocenters. The Labute approximate surface area is 123 Å². The molecule has 0 radical (unpaired) electrons. The smallest absolute Gasteiger partial charge is 0.217 e. The minimum absolute atomic E-state index is 0.0241. The van der Waals surface area contributed by atoms with Crippen molar-refractivity contribution in [2.24, 2.45) is 0 Å². The Morgan fingerprint density at radius 3 is 2.60 bits per heavy atom. The number of carbonyl (C=O) groups is 1. The standard InChI is InChI=1S/C16H25N2OP/c1-12(19)17-16(20(2)3)15-11-7-10-14(18-15)13-8-5-4-6-9-13/h7,10-11,13,16H,4-6,8-9H2,1-3H3,(H,17,19). The van der Waals surface area contributed by atoms with Crippen LogP contribution in [-0.4, -0.2) is 24.2 Å². The van der Waals surface area contributed by atoms with Gasteiger partial charge in [-0.05, 0) is 38.3 Å². The molecule has 1 saturated carbocycles. The summed E-state index contributed by atoms with van der Waals surface area (Å²) in [7, 11) is -0.297. The molecule has 1 aromatic rings. The van der Waals surface area contributed by atoms with Crippen LogP contribution in [0.5, 0.6) is 0 Å². The van der Waals surface area contributed by atoms with Crippen molar-refractivity contribution < 1.29 is 4.79 Å². The zero-order chi connectivity index (χ0) is 14.5. The molecule has 1 N–H and O–H groups in total. The lowest BCUT2D eigenvalue weighted by molar-refractivity contribution is -0.119. The highest BCUT2D eigenvalue weighted by Crippen LogP contribution is 2.42. The molecular formula is C16H25N2OP. The first-order valence-electron chi connectivity index (χ1n) is 7.48. The average molecular weight is 292 g/mol. The highest BCUT2D eigenvalue weighted by atomic mass is 31.1. The van der Waals surface area contributed by atoms with E-state index in [0.717, 1.165) is 5.69 Å². The normalized spacial score (nSPS) is 18.0. The molecule has 0 spiro atoms. The van der Waals surface area contributed by atoms with Crippen molar-refractivity contribution in [2.45, 2.75) is 50.7 Å². The van der Waals surface area contributed by atoms with Crippen LogP contribution < -0.4 is 5.32 Å². The fourth-order valence-electron chi connectivity index (χ4n) is 2.91. The zero-order valence-corrected chi connectivity index (χ0v) is 13.6. The van der Waals surface area contributed by atoms with Crippen molar-refractivity contribution >= 4 is 13.8 Å². The first-order chi connectivity index (χ1) is 9.58. The fourth-order valence-corrected chi connectivity index (χ4v) is 4.02. The molecular weight excluding hydrogens is 267 g/mol. The molecule has 0 saturated heterocycles. The minimum Gasteiger partial charge on any atom is -0.344 e. The van der Waals surface area contributed by atoms with Crippen molar-refractivity contribution in [3.05, 3.63) is 29.6 Å². The first kappa shape index (κ1) is 15.4. The van der Waals surface area contributed by atoms with E-state index in [1.54, 1.807) is 6.92 Å². The lowest BCUT2D eigenvalue weighted by Crippen LogP contribution is -2.25. The maximum atomic E-state index is 11.4. The molecule has 0 aromatic carbocycles. The second-order valence-corrected chi connectivity index (χ2v) is 8.33. The monoisotopic (exact) mass is 292 g/mol. The van der Waals surface area contributed by atoms with Gasteiger partial charge >= 0.3 is 0 Å². The van der Waals surface area contributed by atoms with Gasteiger partial charge in [-0.25, -0.2) is 0 Å². The number of pyridine rings is 1. The van der Waals surface area contributed by atoms with E-state index in [1.807, 2.05) is 0 Å². The summed E-state index contributed by atoms with van der Waals surface area (Å²) in [6.45, 7) is 5.95. The van der Waals surface area contributed by atoms with Crippen LogP contribution >= 0.6 is 7.92 Å². The Kier molecular flexibility index (Phi) is 5.54. The summed E-state index contributed by atoms with van der Waals surface area (Å²) in [5, 5.41) is 3.05. The maximum absolute atomic E-state index is 11.4. The van der Waals surface area contributed by atoms with Crippen LogP contribution in [0.3, 0.4) is 0 Å². The molecule has 1 aliphatic rings. The van der Waals surface area contributed by atoms with E-state index in [2.05, 4.69) is 36.8 Å². The highest BCUT2D eigenvalue weighted by molar-refractivity contribution is 7.56. The molecule has 1 fully saturated rings. The molecule has 1 aliphatic carbocycles. The van der Waals surface area contributed by atoms with Gasteiger partial charge in [0, 0.05) is 18.5 Å². The third kappa shape index (κ3) is 4.02. The Bertz CT molecular complexity index is 456. The lowest BCUT2D eigenvalue weighted by atomic mass is 9.86. The largest absolute Gasteiger partial charge is 0.344 e. The molecule has 1 heterocycles. The summed E-state index contributed by atoms with van der Waals surface area (Å²) in [6, 6.07) is 6.30. The topological polar surface area (TPSA) is 42.0 Å². The van der Waals surface area contributed by atoms with E-state index in [9.17, 15) is 4.79 Å². The molecule has 1 aromatic heterocycles. The quantitative estimate of drug-likeness (QED) is 0.852. The van der Waals surface area contributed by atoms with Gasteiger partial charge in [-0.2, -0.15) is 0 Å². The Morgan fingerprint density at radius 1 is 1.30 bits per heavy atom. The lowest BCUT2D eigenvalue weighted by Gasteiger charge is -2.25. The van der Waals surface area contributed by atoms with Gasteiger partial charge in [-0.1, -0.05) is 33.3 Å². The van der Waals surface area contributed by atoms with Crippen LogP contribution in [0, 0.1) is 0 Å². The zero-order valence-electron chi connectivity index (χ0n) is 12.7. The van der Waals surface area contributed by atoms with Gasteiger partial charge in [-0.3, -0.25) is 9.78 Å². The molecule has 0 bridgehead atoms. The van der Waals surface area contributed by atoms with Gasteiger partial charge in [0.25, 0.3) is 0 Å². The fraction of sp³-hybridized carbons (Fsp3) is 0.625. The van der Waals surface area contributed by atoms with E-state index in [-0.39, 0.29) is 19.6 Å². The minimum atomic E-state index is -0.297. The number of rotatable bonds is 4. The number of nitrogens with zero attached hydrogens (tertiary/aromatic N) is 1. The van der Waals surface area contributed by atoms with Gasteiger partial charge in [0.1, 0.15) is 0 Å². The third-order valence-corrected chi connectivity index (χ3v) is 5.38. The van der Waals surface area contributed by atoms with E-state index in [4.69, 9.17) is 4.98 Å². The van der Waals surface area contributed by atoms with E-state index >= 15 is 0 Å². The van der Waals surface area contributed by atoms with Gasteiger partial charge in [0.15, 0.2) is 0 Å². The third-order valence-electron chi connectivity index (χ3n) is 3.95. The predicted octanol–water partition coefficient (Wildman–Crippen LogP) is 4.01. The van der Waals surface area contributed by atoms with Crippen LogP contribution in [0.1, 0.15) is 62.1 Å². The second-order valence-electron chi connectivity index (χ2n) is 5.89. The van der Waals surface area contributed by atoms with Gasteiger partial charge in [0.05, 0.1) is 11.5 Å². The summed E-state index contributed by atoms with van der Waals surface area (Å²) >= 11 is 0. The highest BCUT2D eigenvalue weighted by Gasteiger charge is 2.21. The van der Waals surface area contributed by atoms with Gasteiger partial charge in [0.2, 0.25) is 5.91 Å². The SMILES string of the molecule is CC(=O)NC(c1cccc(C2CCCCC2)n1)P(C)C. The Morgan fingerprint density at radius 2 is 2.00 bits per heavy atom. The molecule has 1 amide bonds. The molecule has 110 valence electrons. The van der Waals surface area contributed by atoms with Crippen molar-refractivity contribution in [1.82, 2.24) is 10.3 Å². The molecule has 2 rings (SSSR count). The van der Waals surface area contributed by atoms with Gasteiger partial charge < -0.3 is 5.32 Å². The number of amides is 1. The molecule has 1 atom stereocenters. The number of aromatic nitrogens is 1. The predicted molar refractivity (Wildman–Crippen MR) is 85.4 cm³/mol. The Balaban J connectivity index is 2.20. The van der Waals surface area contributed by atoms with Crippen LogP contribution in [0.2, 0.25) is 0 Å². The number of hydrogen-bond donors (Lipinski definition) is 1. The number of carbonyl (C=O) groups excluding carboxylic acids is 1. The number of hydrogen-bond acceptors (Lipinski definition) is 2. The Hall–Kier alpha value is -0.950. The second kappa shape index (κ2) is 7.17. The number of nitrogens with one attached hydrogen (secondary N) is 1. The summed E-state index contributed by atoms with van der Waals surface area (Å²) in [5.41, 5.74) is 2.24. The summed E-state index contributed by atoms with van der Waals surface area (Å²) in [5.74, 6) is 0.712. The molecule has 4 heteroatoms. The maximum Gasteiger partial charge on any atom is 0.217 e. The van der Waals surface area contributed by atoms with Crippen LogP contribution in [0.4, 0.5) is 0 Å². The average Bonchev–Trinajstić information content (AvgIpc) is 2.45. The summed E-state index contributed by atoms with van der Waals surface area (Å²) in [6.07, 6.45) is 6.52. The van der Waals surface area contributed by atoms with E-state index < -0.39 is 0 Å². The van der Waals surface area contributed by atoms with Crippen molar-refractivity contribution in [3.63, 3.8) is 0 Å². The van der Waals surface area contributed by atoms with Crippen LogP contribution in [0.15, 0.2) is 18.2 Å². The molecule has 0 aliphatic heterocycles. The van der Waals surface area contributed by atoms with Crippen LogP contribution in [-0.2, 0) is 4.79 Å². The summed E-state index contributed by atoms with van der Waals surface area (Å²) < 4.78 is 0. The van der Waals surface area contributed by atoms with Crippen molar-refractivity contribution in [1.29, 1.82) is 0 Å². The summed E-state index contributed by atoms with van der Waals surface area (Å²) in [4.78, 5) is 16.3.